The summed E-state index contributed by atoms with van der Waals surface area (Å²) in [4.78, 5) is 20.7. The minimum absolute atomic E-state index is 0.158. The van der Waals surface area contributed by atoms with Crippen molar-refractivity contribution in [3.05, 3.63) is 71.1 Å². The van der Waals surface area contributed by atoms with Gasteiger partial charge in [-0.1, -0.05) is 0 Å². The van der Waals surface area contributed by atoms with E-state index in [4.69, 9.17) is 0 Å². The van der Waals surface area contributed by atoms with E-state index in [2.05, 4.69) is 31.3 Å². The number of hydrogen-bond acceptors (Lipinski definition) is 7. The number of carbonyl (C=O) groups excluding carboxylic acids is 1. The first-order valence-electron chi connectivity index (χ1n) is 9.46. The number of anilines is 2. The number of alkyl halides is 3. The number of aromatic nitrogens is 4. The molecule has 3 N–H and O–H groups in total. The van der Waals surface area contributed by atoms with Crippen LogP contribution in [0.25, 0.3) is 5.70 Å². The third-order valence-corrected chi connectivity index (χ3v) is 5.01. The summed E-state index contributed by atoms with van der Waals surface area (Å²) in [5.74, 6) is -0.841. The molecule has 0 bridgehead atoms. The van der Waals surface area contributed by atoms with Crippen LogP contribution in [0.4, 0.5) is 24.7 Å². The van der Waals surface area contributed by atoms with Gasteiger partial charge in [-0.2, -0.15) is 18.3 Å². The zero-order chi connectivity index (χ0) is 23.0. The third kappa shape index (κ3) is 4.12. The number of rotatable bonds is 4. The maximum atomic E-state index is 12.9. The van der Waals surface area contributed by atoms with Crippen molar-refractivity contribution >= 4 is 23.1 Å². The summed E-state index contributed by atoms with van der Waals surface area (Å²) in [5, 5.41) is 8.26. The number of nitrogens with one attached hydrogen (secondary N) is 3. The molecule has 0 saturated carbocycles. The van der Waals surface area contributed by atoms with E-state index in [1.54, 1.807) is 35.1 Å². The van der Waals surface area contributed by atoms with Crippen LogP contribution < -0.4 is 21.3 Å². The summed E-state index contributed by atoms with van der Waals surface area (Å²) < 4.78 is 40.4. The molecule has 9 nitrogen and oxygen atoms in total. The van der Waals surface area contributed by atoms with Gasteiger partial charge in [0.25, 0.3) is 5.91 Å². The van der Waals surface area contributed by atoms with Gasteiger partial charge in [-0.05, 0) is 32.0 Å². The predicted molar refractivity (Wildman–Crippen MR) is 111 cm³/mol. The molecule has 12 heteroatoms. The third-order valence-electron chi connectivity index (χ3n) is 5.01. The SMILES string of the molecule is Cc1ncc(C(=O)Nc2cc(C(F)(F)F)ccn2)cc1N1C=C(c2cnn(C)c2C)NN1. The molecule has 4 heterocycles. The summed E-state index contributed by atoms with van der Waals surface area (Å²) >= 11 is 0. The lowest BCUT2D eigenvalue weighted by molar-refractivity contribution is -0.137. The van der Waals surface area contributed by atoms with Crippen LogP contribution >= 0.6 is 0 Å². The lowest BCUT2D eigenvalue weighted by atomic mass is 10.2. The van der Waals surface area contributed by atoms with Gasteiger partial charge in [-0.15, -0.1) is 5.53 Å². The summed E-state index contributed by atoms with van der Waals surface area (Å²) in [7, 11) is 1.84. The van der Waals surface area contributed by atoms with Crippen molar-refractivity contribution in [3.8, 4) is 0 Å². The molecule has 0 aliphatic carbocycles. The molecule has 1 amide bonds. The molecule has 0 fully saturated rings. The molecule has 0 radical (unpaired) electrons. The zero-order valence-corrected chi connectivity index (χ0v) is 17.3. The van der Waals surface area contributed by atoms with Crippen LogP contribution in [-0.4, -0.2) is 25.7 Å². The minimum Gasteiger partial charge on any atom is -0.307 e. The van der Waals surface area contributed by atoms with Crippen molar-refractivity contribution in [2.45, 2.75) is 20.0 Å². The molecule has 0 spiro atoms. The van der Waals surface area contributed by atoms with E-state index in [0.29, 0.717) is 11.4 Å². The summed E-state index contributed by atoms with van der Waals surface area (Å²) in [6.45, 7) is 3.71. The van der Waals surface area contributed by atoms with Gasteiger partial charge < -0.3 is 10.7 Å². The summed E-state index contributed by atoms with van der Waals surface area (Å²) in [5.41, 5.74) is 9.14. The Morgan fingerprint density at radius 1 is 1.16 bits per heavy atom. The zero-order valence-electron chi connectivity index (χ0n) is 17.3. The van der Waals surface area contributed by atoms with Gasteiger partial charge in [0.1, 0.15) is 5.82 Å². The van der Waals surface area contributed by atoms with E-state index in [0.717, 1.165) is 35.3 Å². The lowest BCUT2D eigenvalue weighted by Gasteiger charge is -2.18. The Morgan fingerprint density at radius 2 is 1.94 bits per heavy atom. The Balaban J connectivity index is 1.57. The minimum atomic E-state index is -4.54. The highest BCUT2D eigenvalue weighted by atomic mass is 19.4. The molecule has 0 saturated heterocycles. The van der Waals surface area contributed by atoms with Crippen LogP contribution in [0.15, 0.2) is 43.0 Å². The quantitative estimate of drug-likeness (QED) is 0.569. The topological polar surface area (TPSA) is 100 Å². The molecule has 0 unspecified atom stereocenters. The Bertz CT molecular complexity index is 1220. The first-order valence-corrected chi connectivity index (χ1v) is 9.46. The average Bonchev–Trinajstić information content (AvgIpc) is 3.35. The highest BCUT2D eigenvalue weighted by molar-refractivity contribution is 6.04. The lowest BCUT2D eigenvalue weighted by Crippen LogP contribution is -2.36. The fourth-order valence-corrected chi connectivity index (χ4v) is 3.10. The van der Waals surface area contributed by atoms with Crippen LogP contribution in [0.1, 0.15) is 32.9 Å². The van der Waals surface area contributed by atoms with Gasteiger partial charge in [0.15, 0.2) is 0 Å². The van der Waals surface area contributed by atoms with Crippen LogP contribution in [0.2, 0.25) is 0 Å². The van der Waals surface area contributed by atoms with Crippen molar-refractivity contribution < 1.29 is 18.0 Å². The van der Waals surface area contributed by atoms with E-state index in [9.17, 15) is 18.0 Å². The molecule has 166 valence electrons. The van der Waals surface area contributed by atoms with Crippen molar-refractivity contribution in [2.24, 2.45) is 7.05 Å². The van der Waals surface area contributed by atoms with Gasteiger partial charge in [0.05, 0.1) is 34.4 Å². The number of aryl methyl sites for hydroxylation is 2. The average molecular weight is 444 g/mol. The molecular formula is C20H19F3N8O. The number of carbonyl (C=O) groups is 1. The Hall–Kier alpha value is -3.93. The molecule has 4 rings (SSSR count). The van der Waals surface area contributed by atoms with Crippen molar-refractivity contribution in [3.63, 3.8) is 0 Å². The fraction of sp³-hybridized carbons (Fsp3) is 0.200. The standard InChI is InChI=1S/C20H19F3N8O/c1-11-17(31-10-16(28-29-31)15-9-26-30(3)12(15)2)6-13(8-25-11)19(32)27-18-7-14(4-5-24-18)20(21,22)23/h4-10,28-29H,1-3H3,(H,24,27,32). The highest BCUT2D eigenvalue weighted by Crippen LogP contribution is 2.30. The first kappa shape index (κ1) is 21.3. The second kappa shape index (κ2) is 7.96. The second-order valence-corrected chi connectivity index (χ2v) is 7.13. The van der Waals surface area contributed by atoms with Crippen LogP contribution in [0.3, 0.4) is 0 Å². The van der Waals surface area contributed by atoms with Gasteiger partial charge in [-0.3, -0.25) is 19.5 Å². The molecule has 32 heavy (non-hydrogen) atoms. The maximum Gasteiger partial charge on any atom is 0.416 e. The fourth-order valence-electron chi connectivity index (χ4n) is 3.10. The maximum absolute atomic E-state index is 12.9. The van der Waals surface area contributed by atoms with Gasteiger partial charge >= 0.3 is 6.18 Å². The number of hydrazine groups is 2. The van der Waals surface area contributed by atoms with Crippen LogP contribution in [0, 0.1) is 13.8 Å². The number of nitrogens with zero attached hydrogens (tertiary/aromatic N) is 5. The van der Waals surface area contributed by atoms with Gasteiger partial charge in [-0.25, -0.2) is 4.98 Å². The monoisotopic (exact) mass is 444 g/mol. The first-order chi connectivity index (χ1) is 15.1. The summed E-state index contributed by atoms with van der Waals surface area (Å²) in [6, 6.07) is 3.19. The second-order valence-electron chi connectivity index (χ2n) is 7.13. The molecule has 0 atom stereocenters. The normalized spacial score (nSPS) is 13.7. The number of pyridine rings is 2. The molecule has 3 aromatic heterocycles. The Morgan fingerprint density at radius 3 is 2.62 bits per heavy atom. The van der Waals surface area contributed by atoms with Crippen molar-refractivity contribution in [1.29, 1.82) is 0 Å². The number of halogens is 3. The largest absolute Gasteiger partial charge is 0.416 e. The van der Waals surface area contributed by atoms with E-state index in [1.807, 2.05) is 14.0 Å². The van der Waals surface area contributed by atoms with E-state index in [-0.39, 0.29) is 11.4 Å². The van der Waals surface area contributed by atoms with E-state index in [1.165, 1.54) is 6.20 Å². The van der Waals surface area contributed by atoms with Gasteiger partial charge in [0, 0.05) is 36.9 Å². The van der Waals surface area contributed by atoms with Crippen LogP contribution in [-0.2, 0) is 13.2 Å². The Labute approximate surface area is 180 Å². The Kier molecular flexibility index (Phi) is 5.30. The van der Waals surface area contributed by atoms with E-state index < -0.39 is 17.6 Å². The molecule has 1 aliphatic rings. The molecule has 1 aliphatic heterocycles. The van der Waals surface area contributed by atoms with E-state index >= 15 is 0 Å². The predicted octanol–water partition coefficient (Wildman–Crippen LogP) is 2.93. The van der Waals surface area contributed by atoms with Crippen molar-refractivity contribution in [2.75, 3.05) is 10.3 Å². The summed E-state index contributed by atoms with van der Waals surface area (Å²) in [6.07, 6.45) is 1.33. The molecular weight excluding hydrogens is 425 g/mol. The van der Waals surface area contributed by atoms with Crippen molar-refractivity contribution in [1.82, 2.24) is 30.7 Å². The molecule has 0 aromatic carbocycles. The molecule has 3 aromatic rings. The highest BCUT2D eigenvalue weighted by Gasteiger charge is 2.31. The smallest absolute Gasteiger partial charge is 0.307 e. The van der Waals surface area contributed by atoms with Crippen LogP contribution in [0.5, 0.6) is 0 Å². The number of hydrogen-bond donors (Lipinski definition) is 3. The van der Waals surface area contributed by atoms with Gasteiger partial charge in [0.2, 0.25) is 0 Å². The number of amides is 1.